The lowest BCUT2D eigenvalue weighted by molar-refractivity contribution is -0.0976. The summed E-state index contributed by atoms with van der Waals surface area (Å²) in [7, 11) is 0. The Bertz CT molecular complexity index is 612. The molecule has 3 heteroatoms. The Kier molecular flexibility index (Phi) is 3.64. The molecule has 1 aliphatic carbocycles. The highest BCUT2D eigenvalue weighted by Gasteiger charge is 2.63. The van der Waals surface area contributed by atoms with Crippen molar-refractivity contribution in [2.24, 2.45) is 16.7 Å². The number of benzene rings is 1. The van der Waals surface area contributed by atoms with Crippen molar-refractivity contribution in [3.63, 3.8) is 0 Å². The molecule has 1 aliphatic heterocycles. The lowest BCUT2D eigenvalue weighted by atomic mass is 9.48. The van der Waals surface area contributed by atoms with Gasteiger partial charge < -0.3 is 10.0 Å². The Labute approximate surface area is 139 Å². The van der Waals surface area contributed by atoms with Crippen LogP contribution in [-0.2, 0) is 5.41 Å². The summed E-state index contributed by atoms with van der Waals surface area (Å²) < 4.78 is 0. The minimum Gasteiger partial charge on any atom is -0.396 e. The maximum absolute atomic E-state index is 12.8. The van der Waals surface area contributed by atoms with Gasteiger partial charge in [0.25, 0.3) is 5.91 Å². The number of nitrogens with zero attached hydrogens (tertiary/aromatic N) is 1. The summed E-state index contributed by atoms with van der Waals surface area (Å²) in [6.07, 6.45) is 1.01. The fraction of sp³-hybridized carbons (Fsp3) is 0.650. The molecular formula is C20H29NO2. The van der Waals surface area contributed by atoms with Crippen LogP contribution in [0.3, 0.4) is 0 Å². The SMILES string of the molecule is CC(C)(C)c1ccc(C(=O)N2C[C@@H]3C(C)(C)C[C@]3(CO)C2)cc1. The molecule has 0 spiro atoms. The second-order valence-corrected chi connectivity index (χ2v) is 9.25. The zero-order chi connectivity index (χ0) is 17.0. The molecular weight excluding hydrogens is 286 g/mol. The van der Waals surface area contributed by atoms with Crippen molar-refractivity contribution >= 4 is 5.91 Å². The molecule has 2 atom stereocenters. The molecule has 1 saturated carbocycles. The summed E-state index contributed by atoms with van der Waals surface area (Å²) in [6.45, 7) is 12.7. The number of rotatable bonds is 2. The van der Waals surface area contributed by atoms with E-state index in [4.69, 9.17) is 0 Å². The summed E-state index contributed by atoms with van der Waals surface area (Å²) in [5.41, 5.74) is 2.26. The number of hydrogen-bond acceptors (Lipinski definition) is 2. The van der Waals surface area contributed by atoms with E-state index < -0.39 is 0 Å². The van der Waals surface area contributed by atoms with Gasteiger partial charge in [-0.15, -0.1) is 0 Å². The maximum atomic E-state index is 12.8. The van der Waals surface area contributed by atoms with Crippen molar-refractivity contribution in [1.82, 2.24) is 4.90 Å². The van der Waals surface area contributed by atoms with E-state index in [-0.39, 0.29) is 28.8 Å². The fourth-order valence-corrected chi connectivity index (χ4v) is 4.79. The molecule has 0 aromatic heterocycles. The Morgan fingerprint density at radius 2 is 1.87 bits per heavy atom. The molecule has 1 saturated heterocycles. The van der Waals surface area contributed by atoms with Gasteiger partial charge in [0.2, 0.25) is 0 Å². The number of likely N-dealkylation sites (tertiary alicyclic amines) is 1. The topological polar surface area (TPSA) is 40.5 Å². The van der Waals surface area contributed by atoms with E-state index in [0.717, 1.165) is 18.5 Å². The van der Waals surface area contributed by atoms with Gasteiger partial charge in [-0.2, -0.15) is 0 Å². The molecule has 126 valence electrons. The normalized spacial score (nSPS) is 29.1. The molecule has 1 heterocycles. The van der Waals surface area contributed by atoms with Gasteiger partial charge in [-0.25, -0.2) is 0 Å². The van der Waals surface area contributed by atoms with E-state index >= 15 is 0 Å². The minimum atomic E-state index is -0.0650. The lowest BCUT2D eigenvalue weighted by Gasteiger charge is -2.55. The van der Waals surface area contributed by atoms with Gasteiger partial charge in [0, 0.05) is 24.1 Å². The van der Waals surface area contributed by atoms with Crippen LogP contribution in [0.5, 0.6) is 0 Å². The molecule has 23 heavy (non-hydrogen) atoms. The molecule has 0 bridgehead atoms. The van der Waals surface area contributed by atoms with E-state index in [0.29, 0.717) is 12.5 Å². The van der Waals surface area contributed by atoms with Crippen LogP contribution in [0.1, 0.15) is 57.0 Å². The Morgan fingerprint density at radius 3 is 2.30 bits per heavy atom. The molecule has 2 aliphatic rings. The molecule has 2 fully saturated rings. The van der Waals surface area contributed by atoms with Gasteiger partial charge >= 0.3 is 0 Å². The van der Waals surface area contributed by atoms with Crippen molar-refractivity contribution in [3.8, 4) is 0 Å². The van der Waals surface area contributed by atoms with Gasteiger partial charge in [0.05, 0.1) is 6.61 Å². The first-order valence-electron chi connectivity index (χ1n) is 8.60. The monoisotopic (exact) mass is 315 g/mol. The third-order valence-corrected chi connectivity index (χ3v) is 6.00. The summed E-state index contributed by atoms with van der Waals surface area (Å²) in [4.78, 5) is 14.8. The van der Waals surface area contributed by atoms with Gasteiger partial charge in [0.15, 0.2) is 0 Å². The molecule has 0 unspecified atom stereocenters. The predicted molar refractivity (Wildman–Crippen MR) is 92.5 cm³/mol. The first kappa shape index (κ1) is 16.5. The summed E-state index contributed by atoms with van der Waals surface area (Å²) in [5.74, 6) is 0.515. The van der Waals surface area contributed by atoms with Crippen molar-refractivity contribution in [1.29, 1.82) is 0 Å². The number of aliphatic hydroxyl groups excluding tert-OH is 1. The van der Waals surface area contributed by atoms with Crippen LogP contribution in [0.4, 0.5) is 0 Å². The first-order valence-corrected chi connectivity index (χ1v) is 8.60. The number of fused-ring (bicyclic) bond motifs is 1. The standard InChI is InChI=1S/C20H29NO2/c1-18(2,3)15-8-6-14(7-9-15)17(23)21-10-16-19(4,5)11-20(16,12-21)13-22/h6-9,16,22H,10-13H2,1-5H3/t16-,20-/m1/s1. The van der Waals surface area contributed by atoms with Crippen molar-refractivity contribution < 1.29 is 9.90 Å². The van der Waals surface area contributed by atoms with Crippen LogP contribution in [0.2, 0.25) is 0 Å². The largest absolute Gasteiger partial charge is 0.396 e. The third-order valence-electron chi connectivity index (χ3n) is 6.00. The molecule has 1 N–H and O–H groups in total. The number of carbonyl (C=O) groups excluding carboxylic acids is 1. The van der Waals surface area contributed by atoms with E-state index in [1.165, 1.54) is 5.56 Å². The van der Waals surface area contributed by atoms with Gasteiger partial charge in [0.1, 0.15) is 0 Å². The lowest BCUT2D eigenvalue weighted by Crippen LogP contribution is -2.54. The third kappa shape index (κ3) is 2.59. The summed E-state index contributed by atoms with van der Waals surface area (Å²) >= 11 is 0. The summed E-state index contributed by atoms with van der Waals surface area (Å²) in [5, 5.41) is 9.84. The van der Waals surface area contributed by atoms with E-state index in [9.17, 15) is 9.90 Å². The molecule has 1 amide bonds. The van der Waals surface area contributed by atoms with Crippen molar-refractivity contribution in [2.75, 3.05) is 19.7 Å². The number of amides is 1. The summed E-state index contributed by atoms with van der Waals surface area (Å²) in [6, 6.07) is 8.01. The quantitative estimate of drug-likeness (QED) is 0.908. The molecule has 3 rings (SSSR count). The highest BCUT2D eigenvalue weighted by molar-refractivity contribution is 5.94. The number of hydrogen-bond donors (Lipinski definition) is 1. The van der Waals surface area contributed by atoms with Crippen LogP contribution in [0.15, 0.2) is 24.3 Å². The molecule has 1 aromatic rings. The highest BCUT2D eigenvalue weighted by atomic mass is 16.3. The van der Waals surface area contributed by atoms with Crippen LogP contribution in [0.25, 0.3) is 0 Å². The Balaban J connectivity index is 1.77. The molecule has 3 nitrogen and oxygen atoms in total. The predicted octanol–water partition coefficient (Wildman–Crippen LogP) is 3.46. The average molecular weight is 315 g/mol. The Hall–Kier alpha value is -1.35. The van der Waals surface area contributed by atoms with Crippen LogP contribution in [0, 0.1) is 16.7 Å². The minimum absolute atomic E-state index is 0.0650. The van der Waals surface area contributed by atoms with Crippen LogP contribution < -0.4 is 0 Å². The maximum Gasteiger partial charge on any atom is 0.253 e. The number of carbonyl (C=O) groups is 1. The second kappa shape index (κ2) is 5.07. The van der Waals surface area contributed by atoms with E-state index in [1.807, 2.05) is 17.0 Å². The number of aliphatic hydroxyl groups is 1. The molecule has 0 radical (unpaired) electrons. The smallest absolute Gasteiger partial charge is 0.253 e. The van der Waals surface area contributed by atoms with Crippen LogP contribution >= 0.6 is 0 Å². The van der Waals surface area contributed by atoms with E-state index in [1.54, 1.807) is 0 Å². The first-order chi connectivity index (χ1) is 10.6. The van der Waals surface area contributed by atoms with Gasteiger partial charge in [-0.05, 0) is 40.9 Å². The van der Waals surface area contributed by atoms with Gasteiger partial charge in [-0.1, -0.05) is 46.8 Å². The zero-order valence-electron chi connectivity index (χ0n) is 15.0. The average Bonchev–Trinajstić information content (AvgIpc) is 2.81. The zero-order valence-corrected chi connectivity index (χ0v) is 15.0. The van der Waals surface area contributed by atoms with Gasteiger partial charge in [-0.3, -0.25) is 4.79 Å². The Morgan fingerprint density at radius 1 is 1.26 bits per heavy atom. The highest BCUT2D eigenvalue weighted by Crippen LogP contribution is 2.62. The van der Waals surface area contributed by atoms with E-state index in [2.05, 4.69) is 46.8 Å². The second-order valence-electron chi connectivity index (χ2n) is 9.25. The van der Waals surface area contributed by atoms with Crippen molar-refractivity contribution in [2.45, 2.75) is 46.5 Å². The van der Waals surface area contributed by atoms with Crippen molar-refractivity contribution in [3.05, 3.63) is 35.4 Å². The van der Waals surface area contributed by atoms with Crippen LogP contribution in [-0.4, -0.2) is 35.6 Å². The fourth-order valence-electron chi connectivity index (χ4n) is 4.79. The molecule has 1 aromatic carbocycles.